The lowest BCUT2D eigenvalue weighted by Gasteiger charge is -2.10. The van der Waals surface area contributed by atoms with Crippen LogP contribution in [-0.2, 0) is 6.54 Å². The maximum Gasteiger partial charge on any atom is 0.119 e. The third-order valence-electron chi connectivity index (χ3n) is 3.38. The molecule has 0 amide bonds. The van der Waals surface area contributed by atoms with Gasteiger partial charge in [-0.2, -0.15) is 0 Å². The molecule has 0 aliphatic carbocycles. The summed E-state index contributed by atoms with van der Waals surface area (Å²) in [6.45, 7) is 0.723. The van der Waals surface area contributed by atoms with Gasteiger partial charge in [-0.15, -0.1) is 0 Å². The van der Waals surface area contributed by atoms with Crippen LogP contribution in [0.1, 0.15) is 5.56 Å². The Morgan fingerprint density at radius 2 is 2.05 bits per heavy atom. The average Bonchev–Trinajstić information content (AvgIpc) is 2.52. The van der Waals surface area contributed by atoms with E-state index in [-0.39, 0.29) is 0 Å². The molecule has 0 aliphatic heterocycles. The predicted molar refractivity (Wildman–Crippen MR) is 86.5 cm³/mol. The monoisotopic (exact) mass is 279 g/mol. The van der Waals surface area contributed by atoms with Gasteiger partial charge >= 0.3 is 0 Å². The summed E-state index contributed by atoms with van der Waals surface area (Å²) >= 11 is 0. The number of hydrogen-bond donors (Lipinski definition) is 2. The maximum atomic E-state index is 5.80. The van der Waals surface area contributed by atoms with Crippen molar-refractivity contribution in [3.05, 3.63) is 60.3 Å². The molecule has 0 bridgehead atoms. The van der Waals surface area contributed by atoms with Crippen molar-refractivity contribution in [2.75, 3.05) is 18.2 Å². The van der Waals surface area contributed by atoms with Gasteiger partial charge in [0.25, 0.3) is 0 Å². The van der Waals surface area contributed by atoms with E-state index in [2.05, 4.69) is 16.4 Å². The summed E-state index contributed by atoms with van der Waals surface area (Å²) in [7, 11) is 1.67. The van der Waals surface area contributed by atoms with Gasteiger partial charge < -0.3 is 15.8 Å². The molecule has 3 aromatic rings. The number of nitrogens with two attached hydrogens (primary N) is 1. The number of hydrogen-bond acceptors (Lipinski definition) is 4. The van der Waals surface area contributed by atoms with Crippen LogP contribution < -0.4 is 15.8 Å². The lowest BCUT2D eigenvalue weighted by atomic mass is 10.1. The zero-order valence-corrected chi connectivity index (χ0v) is 11.8. The van der Waals surface area contributed by atoms with Crippen LogP contribution in [0.4, 0.5) is 11.4 Å². The first-order chi connectivity index (χ1) is 10.3. The Morgan fingerprint density at radius 3 is 2.90 bits per heavy atom. The Balaban J connectivity index is 1.84. The second-order valence-electron chi connectivity index (χ2n) is 4.84. The molecule has 0 saturated carbocycles. The highest BCUT2D eigenvalue weighted by atomic mass is 16.5. The summed E-state index contributed by atoms with van der Waals surface area (Å²) in [5, 5.41) is 4.50. The highest BCUT2D eigenvalue weighted by molar-refractivity contribution is 5.92. The molecule has 0 aliphatic rings. The molecule has 0 fully saturated rings. The van der Waals surface area contributed by atoms with Gasteiger partial charge in [0.2, 0.25) is 0 Å². The van der Waals surface area contributed by atoms with Crippen LogP contribution >= 0.6 is 0 Å². The number of nitrogens with one attached hydrogen (secondary N) is 1. The van der Waals surface area contributed by atoms with E-state index >= 15 is 0 Å². The summed E-state index contributed by atoms with van der Waals surface area (Å²) < 4.78 is 5.24. The maximum absolute atomic E-state index is 5.80. The Labute approximate surface area is 123 Å². The highest BCUT2D eigenvalue weighted by Crippen LogP contribution is 2.24. The van der Waals surface area contributed by atoms with E-state index in [1.54, 1.807) is 13.3 Å². The zero-order valence-electron chi connectivity index (χ0n) is 11.8. The molecule has 3 N–H and O–H groups in total. The molecule has 1 aromatic heterocycles. The van der Waals surface area contributed by atoms with Gasteiger partial charge in [-0.05, 0) is 42.0 Å². The molecule has 0 radical (unpaired) electrons. The van der Waals surface area contributed by atoms with Crippen molar-refractivity contribution in [2.24, 2.45) is 0 Å². The van der Waals surface area contributed by atoms with Crippen molar-refractivity contribution in [1.29, 1.82) is 0 Å². The molecule has 106 valence electrons. The summed E-state index contributed by atoms with van der Waals surface area (Å²) in [6.07, 6.45) is 1.79. The van der Waals surface area contributed by atoms with Crippen LogP contribution in [0.15, 0.2) is 54.7 Å². The van der Waals surface area contributed by atoms with E-state index in [9.17, 15) is 0 Å². The van der Waals surface area contributed by atoms with Crippen LogP contribution in [0.3, 0.4) is 0 Å². The second kappa shape index (κ2) is 5.71. The lowest BCUT2D eigenvalue weighted by molar-refractivity contribution is 0.414. The molecule has 4 heteroatoms. The van der Waals surface area contributed by atoms with Gasteiger partial charge in [0.15, 0.2) is 0 Å². The molecular weight excluding hydrogens is 262 g/mol. The number of methoxy groups -OCH3 is 1. The first-order valence-corrected chi connectivity index (χ1v) is 6.77. The number of pyridine rings is 1. The van der Waals surface area contributed by atoms with E-state index in [0.29, 0.717) is 0 Å². The molecule has 0 spiro atoms. The van der Waals surface area contributed by atoms with Gasteiger partial charge in [-0.25, -0.2) is 0 Å². The van der Waals surface area contributed by atoms with Gasteiger partial charge in [0.1, 0.15) is 5.75 Å². The lowest BCUT2D eigenvalue weighted by Crippen LogP contribution is -2.01. The van der Waals surface area contributed by atoms with Crippen molar-refractivity contribution in [2.45, 2.75) is 6.54 Å². The third kappa shape index (κ3) is 2.89. The smallest absolute Gasteiger partial charge is 0.119 e. The predicted octanol–water partition coefficient (Wildman–Crippen LogP) is 3.44. The first-order valence-electron chi connectivity index (χ1n) is 6.77. The van der Waals surface area contributed by atoms with Gasteiger partial charge in [-0.1, -0.05) is 12.1 Å². The average molecular weight is 279 g/mol. The van der Waals surface area contributed by atoms with Crippen molar-refractivity contribution in [3.8, 4) is 5.75 Å². The van der Waals surface area contributed by atoms with Crippen LogP contribution in [-0.4, -0.2) is 12.1 Å². The summed E-state index contributed by atoms with van der Waals surface area (Å²) in [5.74, 6) is 0.863. The Hall–Kier alpha value is -2.75. The SMILES string of the molecule is COc1cccc(CNc2ccnc3cc(N)ccc23)c1. The number of nitrogens with zero attached hydrogens (tertiary/aromatic N) is 1. The Morgan fingerprint density at radius 1 is 1.14 bits per heavy atom. The molecule has 0 saturated heterocycles. The van der Waals surface area contributed by atoms with Gasteiger partial charge in [0, 0.05) is 29.5 Å². The summed E-state index contributed by atoms with van der Waals surface area (Å²) in [5.41, 5.74) is 9.62. The van der Waals surface area contributed by atoms with Crippen molar-refractivity contribution in [1.82, 2.24) is 4.98 Å². The van der Waals surface area contributed by atoms with Crippen LogP contribution in [0.5, 0.6) is 5.75 Å². The number of fused-ring (bicyclic) bond motifs is 1. The number of ether oxygens (including phenoxy) is 1. The molecule has 21 heavy (non-hydrogen) atoms. The van der Waals surface area contributed by atoms with E-state index in [1.807, 2.05) is 42.5 Å². The fourth-order valence-electron chi connectivity index (χ4n) is 2.30. The largest absolute Gasteiger partial charge is 0.497 e. The van der Waals surface area contributed by atoms with Gasteiger partial charge in [-0.3, -0.25) is 4.98 Å². The van der Waals surface area contributed by atoms with E-state index in [1.165, 1.54) is 0 Å². The Kier molecular flexibility index (Phi) is 3.60. The van der Waals surface area contributed by atoms with Crippen molar-refractivity contribution < 1.29 is 4.74 Å². The number of benzene rings is 2. The molecule has 0 unspecified atom stereocenters. The van der Waals surface area contributed by atoms with Gasteiger partial charge in [0.05, 0.1) is 12.6 Å². The summed E-state index contributed by atoms with van der Waals surface area (Å²) in [6, 6.07) is 15.7. The topological polar surface area (TPSA) is 60.2 Å². The second-order valence-corrected chi connectivity index (χ2v) is 4.84. The molecular formula is C17H17N3O. The summed E-state index contributed by atoms with van der Waals surface area (Å²) in [4.78, 5) is 4.35. The zero-order chi connectivity index (χ0) is 14.7. The van der Waals surface area contributed by atoms with Crippen molar-refractivity contribution in [3.63, 3.8) is 0 Å². The van der Waals surface area contributed by atoms with Crippen molar-refractivity contribution >= 4 is 22.3 Å². The first kappa shape index (κ1) is 13.2. The number of anilines is 2. The van der Waals surface area contributed by atoms with E-state index in [0.717, 1.165) is 40.1 Å². The minimum Gasteiger partial charge on any atom is -0.497 e. The fourth-order valence-corrected chi connectivity index (χ4v) is 2.30. The number of nitrogen functional groups attached to an aromatic ring is 1. The van der Waals surface area contributed by atoms with E-state index < -0.39 is 0 Å². The minimum absolute atomic E-state index is 0.722. The highest BCUT2D eigenvalue weighted by Gasteiger charge is 2.03. The molecule has 1 heterocycles. The minimum atomic E-state index is 0.722. The van der Waals surface area contributed by atoms with E-state index in [4.69, 9.17) is 10.5 Å². The molecule has 2 aromatic carbocycles. The number of aromatic nitrogens is 1. The molecule has 4 nitrogen and oxygen atoms in total. The standard InChI is InChI=1S/C17H17N3O/c1-21-14-4-2-3-12(9-14)11-20-16-7-8-19-17-10-13(18)5-6-15(16)17/h2-10H,11,18H2,1H3,(H,19,20). The quantitative estimate of drug-likeness (QED) is 0.718. The van der Waals surface area contributed by atoms with Crippen LogP contribution in [0.2, 0.25) is 0 Å². The fraction of sp³-hybridized carbons (Fsp3) is 0.118. The number of rotatable bonds is 4. The molecule has 0 atom stereocenters. The van der Waals surface area contributed by atoms with Crippen LogP contribution in [0.25, 0.3) is 10.9 Å². The van der Waals surface area contributed by atoms with Crippen LogP contribution in [0, 0.1) is 0 Å². The molecule has 3 rings (SSSR count). The Bertz CT molecular complexity index is 771. The normalized spacial score (nSPS) is 10.5. The third-order valence-corrected chi connectivity index (χ3v) is 3.38.